The van der Waals surface area contributed by atoms with Crippen molar-refractivity contribution in [2.24, 2.45) is 0 Å². The Hall–Kier alpha value is -2.09. The van der Waals surface area contributed by atoms with Crippen LogP contribution >= 0.6 is 0 Å². The molecule has 1 saturated carbocycles. The van der Waals surface area contributed by atoms with Gasteiger partial charge < -0.3 is 4.57 Å². The third-order valence-electron chi connectivity index (χ3n) is 5.14. The molecule has 1 aromatic heterocycles. The summed E-state index contributed by atoms with van der Waals surface area (Å²) in [5.41, 5.74) is 1.08. The second kappa shape index (κ2) is 5.28. The molecule has 4 rings (SSSR count). The fraction of sp³-hybridized carbons (Fsp3) is 0.350. The summed E-state index contributed by atoms with van der Waals surface area (Å²) < 4.78 is 2.01. The maximum absolute atomic E-state index is 12.9. The summed E-state index contributed by atoms with van der Waals surface area (Å²) in [6.45, 7) is 1.98. The van der Waals surface area contributed by atoms with Gasteiger partial charge in [-0.15, -0.1) is 0 Å². The third-order valence-corrected chi connectivity index (χ3v) is 5.14. The molecule has 0 bridgehead atoms. The quantitative estimate of drug-likeness (QED) is 0.580. The van der Waals surface area contributed by atoms with Gasteiger partial charge in [0.15, 0.2) is 0 Å². The van der Waals surface area contributed by atoms with E-state index < -0.39 is 0 Å². The van der Waals surface area contributed by atoms with E-state index in [1.807, 2.05) is 23.6 Å². The fourth-order valence-corrected chi connectivity index (χ4v) is 3.95. The molecule has 0 unspecified atom stereocenters. The van der Waals surface area contributed by atoms with E-state index in [1.54, 1.807) is 0 Å². The number of aromatic nitrogens is 1. The molecule has 1 aliphatic rings. The van der Waals surface area contributed by atoms with Crippen molar-refractivity contribution >= 4 is 21.5 Å². The van der Waals surface area contributed by atoms with Crippen LogP contribution in [0.15, 0.2) is 47.4 Å². The van der Waals surface area contributed by atoms with Crippen LogP contribution in [0.4, 0.5) is 0 Å². The largest absolute Gasteiger partial charge is 0.312 e. The molecule has 2 nitrogen and oxygen atoms in total. The van der Waals surface area contributed by atoms with Crippen LogP contribution in [0, 0.1) is 6.92 Å². The van der Waals surface area contributed by atoms with Crippen molar-refractivity contribution in [2.75, 3.05) is 0 Å². The van der Waals surface area contributed by atoms with Crippen molar-refractivity contribution in [1.82, 2.24) is 4.57 Å². The lowest BCUT2D eigenvalue weighted by atomic mass is 9.94. The molecule has 112 valence electrons. The highest BCUT2D eigenvalue weighted by Gasteiger charge is 2.18. The highest BCUT2D eigenvalue weighted by molar-refractivity contribution is 6.08. The average molecular weight is 291 g/mol. The Bertz CT molecular complexity index is 901. The van der Waals surface area contributed by atoms with E-state index in [4.69, 9.17) is 0 Å². The number of benzene rings is 2. The highest BCUT2D eigenvalue weighted by atomic mass is 16.1. The maximum Gasteiger partial charge on any atom is 0.254 e. The lowest BCUT2D eigenvalue weighted by molar-refractivity contribution is 0.346. The zero-order valence-electron chi connectivity index (χ0n) is 13.0. The molecule has 1 fully saturated rings. The van der Waals surface area contributed by atoms with Crippen LogP contribution in [-0.4, -0.2) is 4.57 Å². The molecule has 2 aromatic carbocycles. The summed E-state index contributed by atoms with van der Waals surface area (Å²) in [4.78, 5) is 12.9. The van der Waals surface area contributed by atoms with Gasteiger partial charge in [0, 0.05) is 17.8 Å². The predicted octanol–water partition coefficient (Wildman–Crippen LogP) is 4.97. The zero-order valence-corrected chi connectivity index (χ0v) is 13.0. The van der Waals surface area contributed by atoms with Gasteiger partial charge in [0.05, 0.1) is 0 Å². The van der Waals surface area contributed by atoms with Crippen LogP contribution in [0.25, 0.3) is 21.5 Å². The van der Waals surface area contributed by atoms with Gasteiger partial charge in [0.25, 0.3) is 5.56 Å². The summed E-state index contributed by atoms with van der Waals surface area (Å²) in [5.74, 6) is 0. The average Bonchev–Trinajstić information content (AvgIpc) is 2.58. The van der Waals surface area contributed by atoms with E-state index in [1.165, 1.54) is 35.4 Å². The summed E-state index contributed by atoms with van der Waals surface area (Å²) >= 11 is 0. The van der Waals surface area contributed by atoms with Crippen molar-refractivity contribution in [3.63, 3.8) is 0 Å². The van der Waals surface area contributed by atoms with Gasteiger partial charge in [-0.2, -0.15) is 0 Å². The normalized spacial score (nSPS) is 16.4. The first-order chi connectivity index (χ1) is 10.8. The van der Waals surface area contributed by atoms with Crippen LogP contribution in [0.2, 0.25) is 0 Å². The summed E-state index contributed by atoms with van der Waals surface area (Å²) in [6.07, 6.45) is 8.16. The van der Waals surface area contributed by atoms with Gasteiger partial charge >= 0.3 is 0 Å². The van der Waals surface area contributed by atoms with E-state index >= 15 is 0 Å². The molecule has 0 saturated heterocycles. The van der Waals surface area contributed by atoms with Crippen LogP contribution in [-0.2, 0) is 0 Å². The first kappa shape index (κ1) is 13.6. The van der Waals surface area contributed by atoms with Gasteiger partial charge in [-0.25, -0.2) is 0 Å². The summed E-state index contributed by atoms with van der Waals surface area (Å²) in [7, 11) is 0. The third kappa shape index (κ3) is 2.06. The molecule has 0 amide bonds. The lowest BCUT2D eigenvalue weighted by Crippen LogP contribution is -2.27. The summed E-state index contributed by atoms with van der Waals surface area (Å²) in [5, 5.41) is 4.69. The number of hydrogen-bond donors (Lipinski definition) is 0. The Morgan fingerprint density at radius 3 is 2.50 bits per heavy atom. The fourth-order valence-electron chi connectivity index (χ4n) is 3.95. The zero-order chi connectivity index (χ0) is 15.1. The van der Waals surface area contributed by atoms with E-state index in [9.17, 15) is 4.79 Å². The number of nitrogens with zero attached hydrogens (tertiary/aromatic N) is 1. The van der Waals surface area contributed by atoms with Gasteiger partial charge in [-0.05, 0) is 41.3 Å². The minimum atomic E-state index is 0.191. The number of rotatable bonds is 1. The van der Waals surface area contributed by atoms with Crippen LogP contribution in [0.3, 0.4) is 0 Å². The standard InChI is InChI=1S/C20H21NO/c1-14-19-16(12-11-15-7-5-6-10-18(15)19)13-21(20(14)22)17-8-3-2-4-9-17/h5-7,10-13,17H,2-4,8-9H2,1H3. The van der Waals surface area contributed by atoms with E-state index in [0.29, 0.717) is 6.04 Å². The molecular weight excluding hydrogens is 270 g/mol. The Balaban J connectivity index is 2.01. The van der Waals surface area contributed by atoms with E-state index in [2.05, 4.69) is 30.5 Å². The molecular formula is C20H21NO. The molecule has 0 radical (unpaired) electrons. The molecule has 0 atom stereocenters. The van der Waals surface area contributed by atoms with Gasteiger partial charge in [0.1, 0.15) is 0 Å². The molecule has 3 aromatic rings. The van der Waals surface area contributed by atoms with Crippen molar-refractivity contribution in [3.8, 4) is 0 Å². The molecule has 0 spiro atoms. The molecule has 0 aliphatic heterocycles. The second-order valence-electron chi connectivity index (χ2n) is 6.51. The van der Waals surface area contributed by atoms with Crippen LogP contribution in [0.1, 0.15) is 43.7 Å². The minimum absolute atomic E-state index is 0.191. The Morgan fingerprint density at radius 1 is 0.955 bits per heavy atom. The van der Waals surface area contributed by atoms with Crippen molar-refractivity contribution in [3.05, 3.63) is 58.5 Å². The predicted molar refractivity (Wildman–Crippen MR) is 92.6 cm³/mol. The number of aryl methyl sites for hydroxylation is 1. The monoisotopic (exact) mass is 291 g/mol. The first-order valence-corrected chi connectivity index (χ1v) is 8.29. The summed E-state index contributed by atoms with van der Waals surface area (Å²) in [6, 6.07) is 13.0. The van der Waals surface area contributed by atoms with Crippen molar-refractivity contribution in [1.29, 1.82) is 0 Å². The van der Waals surface area contributed by atoms with Gasteiger partial charge in [-0.3, -0.25) is 4.79 Å². The smallest absolute Gasteiger partial charge is 0.254 e. The van der Waals surface area contributed by atoms with Gasteiger partial charge in [0.2, 0.25) is 0 Å². The SMILES string of the molecule is Cc1c(=O)n(C2CCCCC2)cc2ccc3ccccc3c12. The van der Waals surface area contributed by atoms with E-state index in [0.717, 1.165) is 23.8 Å². The molecule has 1 heterocycles. The lowest BCUT2D eigenvalue weighted by Gasteiger charge is -2.25. The van der Waals surface area contributed by atoms with Crippen molar-refractivity contribution < 1.29 is 0 Å². The molecule has 0 N–H and O–H groups in total. The van der Waals surface area contributed by atoms with E-state index in [-0.39, 0.29) is 5.56 Å². The molecule has 1 aliphatic carbocycles. The van der Waals surface area contributed by atoms with Crippen LogP contribution in [0.5, 0.6) is 0 Å². The number of fused-ring (bicyclic) bond motifs is 3. The first-order valence-electron chi connectivity index (χ1n) is 8.29. The minimum Gasteiger partial charge on any atom is -0.312 e. The molecule has 2 heteroatoms. The van der Waals surface area contributed by atoms with Gasteiger partial charge in [-0.1, -0.05) is 55.7 Å². The topological polar surface area (TPSA) is 22.0 Å². The highest BCUT2D eigenvalue weighted by Crippen LogP contribution is 2.30. The second-order valence-corrected chi connectivity index (χ2v) is 6.51. The Labute approximate surface area is 130 Å². The number of hydrogen-bond acceptors (Lipinski definition) is 1. The molecule has 22 heavy (non-hydrogen) atoms. The number of pyridine rings is 1. The maximum atomic E-state index is 12.9. The van der Waals surface area contributed by atoms with Crippen molar-refractivity contribution in [2.45, 2.75) is 45.1 Å². The Kier molecular flexibility index (Phi) is 3.25. The van der Waals surface area contributed by atoms with Crippen LogP contribution < -0.4 is 5.56 Å². The Morgan fingerprint density at radius 2 is 1.68 bits per heavy atom.